The SMILES string of the molecule is COC(=O)C1=C(Nc2ccc(C)cc2)CC(C)(O)C(C(=O)OC)C1c1ccc(F)cc1. The Bertz CT molecular complexity index is 996. The van der Waals surface area contributed by atoms with Crippen LogP contribution < -0.4 is 5.32 Å². The van der Waals surface area contributed by atoms with Crippen LogP contribution in [-0.2, 0) is 19.1 Å². The van der Waals surface area contributed by atoms with E-state index in [-0.39, 0.29) is 12.0 Å². The van der Waals surface area contributed by atoms with E-state index in [4.69, 9.17) is 9.47 Å². The van der Waals surface area contributed by atoms with Gasteiger partial charge in [0, 0.05) is 23.7 Å². The molecule has 2 aromatic rings. The van der Waals surface area contributed by atoms with Crippen molar-refractivity contribution in [3.05, 3.63) is 76.7 Å². The molecule has 0 aliphatic heterocycles. The first-order chi connectivity index (χ1) is 14.7. The van der Waals surface area contributed by atoms with Gasteiger partial charge in [-0.3, -0.25) is 4.79 Å². The van der Waals surface area contributed by atoms with Crippen LogP contribution in [0.2, 0.25) is 0 Å². The fourth-order valence-corrected chi connectivity index (χ4v) is 4.11. The zero-order valence-corrected chi connectivity index (χ0v) is 17.9. The molecule has 31 heavy (non-hydrogen) atoms. The van der Waals surface area contributed by atoms with Gasteiger partial charge in [0.05, 0.1) is 31.3 Å². The van der Waals surface area contributed by atoms with Gasteiger partial charge in [-0.05, 0) is 43.7 Å². The van der Waals surface area contributed by atoms with Gasteiger partial charge in [0.15, 0.2) is 0 Å². The zero-order valence-electron chi connectivity index (χ0n) is 17.9. The highest BCUT2D eigenvalue weighted by molar-refractivity contribution is 5.94. The largest absolute Gasteiger partial charge is 0.469 e. The summed E-state index contributed by atoms with van der Waals surface area (Å²) < 4.78 is 23.6. The third kappa shape index (κ3) is 4.61. The number of aryl methyl sites for hydroxylation is 1. The second-order valence-electron chi connectivity index (χ2n) is 7.94. The van der Waals surface area contributed by atoms with Crippen LogP contribution in [0.4, 0.5) is 10.1 Å². The number of rotatable bonds is 5. The molecule has 0 saturated heterocycles. The number of aliphatic hydroxyl groups is 1. The second kappa shape index (κ2) is 8.89. The Hall–Kier alpha value is -3.19. The molecule has 0 spiro atoms. The molecule has 2 N–H and O–H groups in total. The number of methoxy groups -OCH3 is 2. The molecule has 0 radical (unpaired) electrons. The molecule has 164 valence electrons. The summed E-state index contributed by atoms with van der Waals surface area (Å²) in [4.78, 5) is 25.7. The monoisotopic (exact) mass is 427 g/mol. The van der Waals surface area contributed by atoms with Crippen molar-refractivity contribution in [3.63, 3.8) is 0 Å². The van der Waals surface area contributed by atoms with Gasteiger partial charge in [0.2, 0.25) is 0 Å². The van der Waals surface area contributed by atoms with Crippen molar-refractivity contribution in [2.24, 2.45) is 5.92 Å². The number of nitrogens with one attached hydrogen (secondary N) is 1. The van der Waals surface area contributed by atoms with E-state index in [1.807, 2.05) is 31.2 Å². The van der Waals surface area contributed by atoms with Gasteiger partial charge in [-0.15, -0.1) is 0 Å². The van der Waals surface area contributed by atoms with Gasteiger partial charge < -0.3 is 19.9 Å². The lowest BCUT2D eigenvalue weighted by Gasteiger charge is -2.42. The lowest BCUT2D eigenvalue weighted by molar-refractivity contribution is -0.157. The predicted molar refractivity (Wildman–Crippen MR) is 114 cm³/mol. The maximum Gasteiger partial charge on any atom is 0.336 e. The van der Waals surface area contributed by atoms with E-state index in [1.165, 1.54) is 45.4 Å². The summed E-state index contributed by atoms with van der Waals surface area (Å²) in [6, 6.07) is 13.0. The number of halogens is 1. The van der Waals surface area contributed by atoms with Gasteiger partial charge >= 0.3 is 11.9 Å². The zero-order chi connectivity index (χ0) is 22.8. The lowest BCUT2D eigenvalue weighted by atomic mass is 9.66. The van der Waals surface area contributed by atoms with Crippen LogP contribution in [0.3, 0.4) is 0 Å². The Morgan fingerprint density at radius 2 is 1.68 bits per heavy atom. The van der Waals surface area contributed by atoms with E-state index < -0.39 is 35.2 Å². The maximum atomic E-state index is 13.6. The molecule has 3 rings (SSSR count). The van der Waals surface area contributed by atoms with Gasteiger partial charge in [-0.25, -0.2) is 9.18 Å². The molecular formula is C24H26FNO5. The van der Waals surface area contributed by atoms with Crippen molar-refractivity contribution < 1.29 is 28.6 Å². The Kier molecular flexibility index (Phi) is 6.45. The Morgan fingerprint density at radius 1 is 1.06 bits per heavy atom. The van der Waals surface area contributed by atoms with Gasteiger partial charge in [0.25, 0.3) is 0 Å². The van der Waals surface area contributed by atoms with E-state index in [0.717, 1.165) is 5.56 Å². The van der Waals surface area contributed by atoms with E-state index in [2.05, 4.69) is 5.32 Å². The molecule has 3 unspecified atom stereocenters. The minimum atomic E-state index is -1.54. The quantitative estimate of drug-likeness (QED) is 0.708. The van der Waals surface area contributed by atoms with Crippen LogP contribution in [0.5, 0.6) is 0 Å². The number of esters is 2. The molecule has 0 bridgehead atoms. The summed E-state index contributed by atoms with van der Waals surface area (Å²) in [6.45, 7) is 3.48. The smallest absolute Gasteiger partial charge is 0.336 e. The molecular weight excluding hydrogens is 401 g/mol. The number of ether oxygens (including phenoxy) is 2. The number of hydrogen-bond donors (Lipinski definition) is 2. The molecule has 1 aliphatic rings. The molecule has 0 aromatic heterocycles. The average molecular weight is 427 g/mol. The third-order valence-corrected chi connectivity index (χ3v) is 5.61. The van der Waals surface area contributed by atoms with Crippen LogP contribution in [0.1, 0.15) is 30.4 Å². The van der Waals surface area contributed by atoms with Crippen LogP contribution in [-0.4, -0.2) is 36.9 Å². The number of carbonyl (C=O) groups is 2. The number of hydrogen-bond acceptors (Lipinski definition) is 6. The van der Waals surface area contributed by atoms with Crippen molar-refractivity contribution in [3.8, 4) is 0 Å². The van der Waals surface area contributed by atoms with Crippen LogP contribution >= 0.6 is 0 Å². The Labute approximate surface area is 180 Å². The van der Waals surface area contributed by atoms with Crippen molar-refractivity contribution in [2.45, 2.75) is 31.8 Å². The maximum absolute atomic E-state index is 13.6. The molecule has 0 saturated carbocycles. The van der Waals surface area contributed by atoms with Crippen molar-refractivity contribution >= 4 is 17.6 Å². The minimum Gasteiger partial charge on any atom is -0.469 e. The number of carbonyl (C=O) groups excluding carboxylic acids is 2. The highest BCUT2D eigenvalue weighted by Crippen LogP contribution is 2.48. The summed E-state index contributed by atoms with van der Waals surface area (Å²) in [6.07, 6.45) is -0.0111. The number of anilines is 1. The van der Waals surface area contributed by atoms with Gasteiger partial charge in [-0.1, -0.05) is 29.8 Å². The fraction of sp³-hybridized carbons (Fsp3) is 0.333. The molecule has 0 fully saturated rings. The highest BCUT2D eigenvalue weighted by atomic mass is 19.1. The first-order valence-electron chi connectivity index (χ1n) is 9.88. The van der Waals surface area contributed by atoms with E-state index in [9.17, 15) is 19.1 Å². The standard InChI is InChI=1S/C24H26FNO5/c1-14-5-11-17(12-6-14)26-18-13-24(2,29)21(23(28)31-4)19(20(18)22(27)30-3)15-7-9-16(25)10-8-15/h5-12,19,21,26,29H,13H2,1-4H3. The van der Waals surface area contributed by atoms with Crippen LogP contribution in [0.25, 0.3) is 0 Å². The van der Waals surface area contributed by atoms with Gasteiger partial charge in [0.1, 0.15) is 5.82 Å². The topological polar surface area (TPSA) is 84.9 Å². The summed E-state index contributed by atoms with van der Waals surface area (Å²) >= 11 is 0. The van der Waals surface area contributed by atoms with Crippen LogP contribution in [0, 0.1) is 18.7 Å². The van der Waals surface area contributed by atoms with E-state index in [1.54, 1.807) is 0 Å². The minimum absolute atomic E-state index is 0.0111. The average Bonchev–Trinajstić information content (AvgIpc) is 2.74. The van der Waals surface area contributed by atoms with Crippen LogP contribution in [0.15, 0.2) is 59.8 Å². The van der Waals surface area contributed by atoms with E-state index in [0.29, 0.717) is 16.9 Å². The fourth-order valence-electron chi connectivity index (χ4n) is 4.11. The van der Waals surface area contributed by atoms with Gasteiger partial charge in [-0.2, -0.15) is 0 Å². The van der Waals surface area contributed by atoms with E-state index >= 15 is 0 Å². The molecule has 0 heterocycles. The summed E-state index contributed by atoms with van der Waals surface area (Å²) in [5.41, 5.74) is 1.34. The lowest BCUT2D eigenvalue weighted by Crippen LogP contribution is -2.49. The molecule has 0 amide bonds. The molecule has 1 aliphatic carbocycles. The summed E-state index contributed by atoms with van der Waals surface area (Å²) in [5, 5.41) is 14.5. The summed E-state index contributed by atoms with van der Waals surface area (Å²) in [7, 11) is 2.47. The number of benzene rings is 2. The second-order valence-corrected chi connectivity index (χ2v) is 7.94. The van der Waals surface area contributed by atoms with Crippen molar-refractivity contribution in [1.82, 2.24) is 0 Å². The highest BCUT2D eigenvalue weighted by Gasteiger charge is 2.52. The molecule has 6 nitrogen and oxygen atoms in total. The Balaban J connectivity index is 2.23. The summed E-state index contributed by atoms with van der Waals surface area (Å²) in [5.74, 6) is -3.77. The molecule has 3 atom stereocenters. The van der Waals surface area contributed by atoms with Crippen molar-refractivity contribution in [1.29, 1.82) is 0 Å². The molecule has 7 heteroatoms. The Morgan fingerprint density at radius 3 is 2.23 bits per heavy atom. The first-order valence-corrected chi connectivity index (χ1v) is 9.88. The molecule has 2 aromatic carbocycles. The normalized spacial score (nSPS) is 23.3. The third-order valence-electron chi connectivity index (χ3n) is 5.61. The predicted octanol–water partition coefficient (Wildman–Crippen LogP) is 3.70. The van der Waals surface area contributed by atoms with Crippen molar-refractivity contribution in [2.75, 3.05) is 19.5 Å². The first kappa shape index (κ1) is 22.5.